The van der Waals surface area contributed by atoms with E-state index in [4.69, 9.17) is 9.84 Å². The molecular weight excluding hydrogens is 539 g/mol. The summed E-state index contributed by atoms with van der Waals surface area (Å²) in [4.78, 5) is 39.6. The number of urea groups is 1. The average molecular weight is 565 g/mol. The fourth-order valence-corrected chi connectivity index (χ4v) is 4.29. The normalized spacial score (nSPS) is 11.5. The molecule has 12 heteroatoms. The number of amides is 2. The summed E-state index contributed by atoms with van der Waals surface area (Å²) in [6.07, 6.45) is 4.28. The van der Waals surface area contributed by atoms with E-state index in [2.05, 4.69) is 30.6 Å². The Balaban J connectivity index is 1.23. The van der Waals surface area contributed by atoms with Crippen LogP contribution in [0.1, 0.15) is 26.5 Å². The number of hydrogen-bond acceptors (Lipinski definition) is 7. The quantitative estimate of drug-likeness (QED) is 0.236. The number of aromatic nitrogens is 6. The second-order valence-electron chi connectivity index (χ2n) is 10.5. The van der Waals surface area contributed by atoms with Crippen molar-refractivity contribution in [3.8, 4) is 17.2 Å². The summed E-state index contributed by atoms with van der Waals surface area (Å²) >= 11 is 0. The van der Waals surface area contributed by atoms with E-state index in [1.54, 1.807) is 23.0 Å². The second-order valence-corrected chi connectivity index (χ2v) is 10.5. The van der Waals surface area contributed by atoms with E-state index in [-0.39, 0.29) is 28.2 Å². The minimum atomic E-state index is -0.715. The van der Waals surface area contributed by atoms with E-state index >= 15 is 4.39 Å². The van der Waals surface area contributed by atoms with Gasteiger partial charge in [-0.05, 0) is 36.4 Å². The number of aromatic amines is 1. The van der Waals surface area contributed by atoms with Crippen molar-refractivity contribution in [1.29, 1.82) is 0 Å². The van der Waals surface area contributed by atoms with Gasteiger partial charge in [-0.25, -0.2) is 23.8 Å². The predicted molar refractivity (Wildman–Crippen MR) is 157 cm³/mol. The number of benzene rings is 2. The smallest absolute Gasteiger partial charge is 0.324 e. The number of carbonyl (C=O) groups is 1. The lowest BCUT2D eigenvalue weighted by atomic mass is 9.92. The van der Waals surface area contributed by atoms with Gasteiger partial charge in [0, 0.05) is 41.4 Å². The molecule has 0 fully saturated rings. The van der Waals surface area contributed by atoms with Crippen LogP contribution in [0.15, 0.2) is 84.0 Å². The monoisotopic (exact) mass is 564 g/mol. The molecule has 2 aromatic carbocycles. The zero-order chi connectivity index (χ0) is 29.4. The van der Waals surface area contributed by atoms with Gasteiger partial charge in [-0.2, -0.15) is 5.10 Å². The Morgan fingerprint density at radius 2 is 1.83 bits per heavy atom. The van der Waals surface area contributed by atoms with E-state index in [9.17, 15) is 9.59 Å². The number of nitrogens with one attached hydrogen (secondary N) is 3. The van der Waals surface area contributed by atoms with Crippen molar-refractivity contribution in [2.75, 3.05) is 10.6 Å². The summed E-state index contributed by atoms with van der Waals surface area (Å²) in [6, 6.07) is 16.2. The van der Waals surface area contributed by atoms with Crippen molar-refractivity contribution in [3.05, 3.63) is 101 Å². The van der Waals surface area contributed by atoms with Gasteiger partial charge < -0.3 is 15.0 Å². The number of anilines is 2. The van der Waals surface area contributed by atoms with Crippen molar-refractivity contribution >= 4 is 39.6 Å². The summed E-state index contributed by atoms with van der Waals surface area (Å²) < 4.78 is 22.5. The van der Waals surface area contributed by atoms with Gasteiger partial charge in [0.15, 0.2) is 11.4 Å². The van der Waals surface area contributed by atoms with Crippen molar-refractivity contribution in [3.63, 3.8) is 0 Å². The molecule has 4 heterocycles. The summed E-state index contributed by atoms with van der Waals surface area (Å²) in [5.41, 5.74) is 2.14. The summed E-state index contributed by atoms with van der Waals surface area (Å²) in [5.74, 6) is 0.142. The molecule has 42 heavy (non-hydrogen) atoms. The lowest BCUT2D eigenvalue weighted by Gasteiger charge is -2.14. The molecule has 0 atom stereocenters. The van der Waals surface area contributed by atoms with Crippen molar-refractivity contribution in [1.82, 2.24) is 29.7 Å². The van der Waals surface area contributed by atoms with Crippen molar-refractivity contribution in [2.45, 2.75) is 26.2 Å². The first kappa shape index (κ1) is 26.6. The molecule has 0 aliphatic carbocycles. The Morgan fingerprint density at radius 1 is 0.976 bits per heavy atom. The molecule has 0 aliphatic rings. The zero-order valence-electron chi connectivity index (χ0n) is 22.8. The fourth-order valence-electron chi connectivity index (χ4n) is 4.29. The average Bonchev–Trinajstić information content (AvgIpc) is 3.38. The van der Waals surface area contributed by atoms with Gasteiger partial charge in [0.05, 0.1) is 28.8 Å². The van der Waals surface area contributed by atoms with Crippen molar-refractivity contribution < 1.29 is 13.9 Å². The third kappa shape index (κ3) is 5.37. The molecule has 0 spiro atoms. The van der Waals surface area contributed by atoms with Crippen LogP contribution < -0.4 is 20.9 Å². The number of rotatable bonds is 5. The molecule has 0 radical (unpaired) electrons. The van der Waals surface area contributed by atoms with Crippen LogP contribution >= 0.6 is 0 Å². The number of nitrogens with zero attached hydrogens (tertiary/aromatic N) is 5. The van der Waals surface area contributed by atoms with Gasteiger partial charge in [0.25, 0.3) is 5.56 Å². The highest BCUT2D eigenvalue weighted by Gasteiger charge is 2.22. The summed E-state index contributed by atoms with van der Waals surface area (Å²) in [5, 5.41) is 11.0. The van der Waals surface area contributed by atoms with Gasteiger partial charge in [-0.3, -0.25) is 15.1 Å². The zero-order valence-corrected chi connectivity index (χ0v) is 22.8. The lowest BCUT2D eigenvalue weighted by Crippen LogP contribution is -2.22. The molecule has 6 rings (SSSR count). The van der Waals surface area contributed by atoms with Crippen molar-refractivity contribution in [2.24, 2.45) is 0 Å². The first-order valence-corrected chi connectivity index (χ1v) is 13.0. The van der Waals surface area contributed by atoms with E-state index in [0.29, 0.717) is 11.3 Å². The molecule has 0 saturated carbocycles. The van der Waals surface area contributed by atoms with Crippen LogP contribution in [0, 0.1) is 5.82 Å². The van der Waals surface area contributed by atoms with Crippen LogP contribution in [0.2, 0.25) is 0 Å². The first-order chi connectivity index (χ1) is 20.1. The van der Waals surface area contributed by atoms with E-state index < -0.39 is 17.4 Å². The minimum Gasteiger partial charge on any atom is -0.455 e. The van der Waals surface area contributed by atoms with Gasteiger partial charge in [0.1, 0.15) is 22.9 Å². The molecule has 4 aromatic heterocycles. The standard InChI is InChI=1S/C30H25FN8O3/c1-30(2,3)24-15-25(39(38-24)18-6-8-21-17(13-18)5-4-11-32-21)36-29(41)35-22-9-7-19(14-20(22)31)42-23-10-12-33-28-27(23)34-16-26(40)37-28/h4-16H,1-3H3,(H,33,37,40)(H2,35,36,41). The van der Waals surface area contributed by atoms with Crippen LogP contribution in [0.5, 0.6) is 11.5 Å². The van der Waals surface area contributed by atoms with Crippen LogP contribution in [-0.2, 0) is 5.41 Å². The largest absolute Gasteiger partial charge is 0.455 e. The highest BCUT2D eigenvalue weighted by atomic mass is 19.1. The molecular formula is C30H25FN8O3. The highest BCUT2D eigenvalue weighted by molar-refractivity contribution is 5.99. The van der Waals surface area contributed by atoms with E-state index in [1.165, 1.54) is 18.3 Å². The molecule has 3 N–H and O–H groups in total. The molecule has 0 aliphatic heterocycles. The minimum absolute atomic E-state index is 0.0548. The topological polar surface area (TPSA) is 140 Å². The fraction of sp³-hybridized carbons (Fsp3) is 0.133. The Kier molecular flexibility index (Phi) is 6.57. The summed E-state index contributed by atoms with van der Waals surface area (Å²) in [6.45, 7) is 6.07. The molecule has 2 amide bonds. The van der Waals surface area contributed by atoms with Crippen LogP contribution in [0.4, 0.5) is 20.7 Å². The first-order valence-electron chi connectivity index (χ1n) is 13.0. The van der Waals surface area contributed by atoms with Gasteiger partial charge in [0.2, 0.25) is 0 Å². The SMILES string of the molecule is CC(C)(C)c1cc(NC(=O)Nc2ccc(Oc3ccnc4[nH]c(=O)cnc34)cc2F)n(-c2ccc3ncccc3c2)n1. The number of H-pyrrole nitrogens is 1. The maximum absolute atomic E-state index is 15.1. The molecule has 6 aromatic rings. The number of pyridine rings is 2. The Hall–Kier alpha value is -5.65. The van der Waals surface area contributed by atoms with E-state index in [0.717, 1.165) is 34.5 Å². The third-order valence-electron chi connectivity index (χ3n) is 6.41. The lowest BCUT2D eigenvalue weighted by molar-refractivity contribution is 0.262. The Morgan fingerprint density at radius 3 is 2.64 bits per heavy atom. The molecule has 11 nitrogen and oxygen atoms in total. The Bertz CT molecular complexity index is 2030. The predicted octanol–water partition coefficient (Wildman–Crippen LogP) is 5.92. The van der Waals surface area contributed by atoms with Gasteiger partial charge in [-0.15, -0.1) is 0 Å². The number of halogens is 1. The van der Waals surface area contributed by atoms with Gasteiger partial charge >= 0.3 is 6.03 Å². The molecule has 0 bridgehead atoms. The van der Waals surface area contributed by atoms with Crippen LogP contribution in [0.3, 0.4) is 0 Å². The number of fused-ring (bicyclic) bond motifs is 2. The number of carbonyl (C=O) groups excluding carboxylic acids is 1. The van der Waals surface area contributed by atoms with Gasteiger partial charge in [-0.1, -0.05) is 26.8 Å². The molecule has 0 unspecified atom stereocenters. The molecule has 210 valence electrons. The van der Waals surface area contributed by atoms with E-state index in [1.807, 2.05) is 51.1 Å². The molecule has 0 saturated heterocycles. The second kappa shape index (κ2) is 10.4. The Labute approximate surface area is 238 Å². The maximum atomic E-state index is 15.1. The highest BCUT2D eigenvalue weighted by Crippen LogP contribution is 2.30. The van der Waals surface area contributed by atoms with Crippen LogP contribution in [0.25, 0.3) is 27.8 Å². The van der Waals surface area contributed by atoms with Crippen LogP contribution in [-0.4, -0.2) is 35.7 Å². The maximum Gasteiger partial charge on any atom is 0.324 e. The number of hydrogen-bond donors (Lipinski definition) is 3. The summed E-state index contributed by atoms with van der Waals surface area (Å²) in [7, 11) is 0. The number of ether oxygens (including phenoxy) is 1. The third-order valence-corrected chi connectivity index (χ3v) is 6.41.